The van der Waals surface area contributed by atoms with Crippen LogP contribution in [0.3, 0.4) is 0 Å². The number of rotatable bonds is 10. The summed E-state index contributed by atoms with van der Waals surface area (Å²) in [6.07, 6.45) is 8.60. The Morgan fingerprint density at radius 1 is 0.976 bits per heavy atom. The highest BCUT2D eigenvalue weighted by molar-refractivity contribution is 5.92. The van der Waals surface area contributed by atoms with Crippen molar-refractivity contribution in [2.75, 3.05) is 20.3 Å². The van der Waals surface area contributed by atoms with Crippen LogP contribution in [0.1, 0.15) is 83.6 Å². The van der Waals surface area contributed by atoms with Crippen LogP contribution in [-0.4, -0.2) is 54.4 Å². The van der Waals surface area contributed by atoms with Gasteiger partial charge < -0.3 is 19.9 Å². The number of ether oxygens (including phenoxy) is 2. The summed E-state index contributed by atoms with van der Waals surface area (Å²) in [7, 11) is 1.61. The van der Waals surface area contributed by atoms with Crippen molar-refractivity contribution in [2.45, 2.75) is 90.1 Å². The zero-order valence-electron chi connectivity index (χ0n) is 25.2. The number of ketones is 2. The van der Waals surface area contributed by atoms with Gasteiger partial charge in [-0.05, 0) is 98.3 Å². The fraction of sp³-hybridized carbons (Fsp3) is 0.647. The van der Waals surface area contributed by atoms with Crippen LogP contribution in [0.4, 0.5) is 0 Å². The molecule has 4 aliphatic carbocycles. The average molecular weight is 580 g/mol. The van der Waals surface area contributed by atoms with Crippen molar-refractivity contribution in [2.24, 2.45) is 28.6 Å². The van der Waals surface area contributed by atoms with Crippen molar-refractivity contribution in [3.05, 3.63) is 41.5 Å². The molecule has 1 aromatic rings. The van der Waals surface area contributed by atoms with E-state index in [0.717, 1.165) is 49.8 Å². The standard InChI is InChI=1S/C34H45NO7/c1-32-16-12-24(36)20-23(32)6-9-26-27(32)13-17-33(2)28(26)14-18-34(33,40)29(37)21-42-31(39)11-10-30(38)35-19-15-22-4-7-25(41-3)8-5-22/h4-5,7-8,20,26-28,40H,6,9-19,21H2,1-3H3,(H,35,38)/t26-,27+,28-,32+,33+,34+/m1/s1. The molecule has 0 unspecified atom stereocenters. The first-order valence-electron chi connectivity index (χ1n) is 15.5. The number of hydrogen-bond donors (Lipinski definition) is 2. The summed E-state index contributed by atoms with van der Waals surface area (Å²) in [5.41, 5.74) is 0.296. The Kier molecular flexibility index (Phi) is 8.66. The van der Waals surface area contributed by atoms with Gasteiger partial charge in [-0.2, -0.15) is 0 Å². The third kappa shape index (κ3) is 5.54. The molecule has 1 amide bonds. The van der Waals surface area contributed by atoms with E-state index in [4.69, 9.17) is 9.47 Å². The number of amides is 1. The van der Waals surface area contributed by atoms with Crippen LogP contribution in [0.2, 0.25) is 0 Å². The lowest BCUT2D eigenvalue weighted by Crippen LogP contribution is -2.58. The molecular formula is C34H45NO7. The van der Waals surface area contributed by atoms with E-state index in [1.165, 1.54) is 5.57 Å². The lowest BCUT2D eigenvalue weighted by atomic mass is 9.46. The van der Waals surface area contributed by atoms with Crippen LogP contribution in [0.15, 0.2) is 35.9 Å². The number of nitrogens with one attached hydrogen (secondary N) is 1. The average Bonchev–Trinajstić information content (AvgIpc) is 3.26. The van der Waals surface area contributed by atoms with Gasteiger partial charge in [0.15, 0.2) is 12.4 Å². The highest BCUT2D eigenvalue weighted by Gasteiger charge is 2.66. The molecule has 0 radical (unpaired) electrons. The van der Waals surface area contributed by atoms with Crippen LogP contribution in [0.25, 0.3) is 0 Å². The fourth-order valence-corrected chi connectivity index (χ4v) is 8.81. The van der Waals surface area contributed by atoms with Crippen molar-refractivity contribution in [3.63, 3.8) is 0 Å². The molecule has 8 nitrogen and oxygen atoms in total. The van der Waals surface area contributed by atoms with E-state index < -0.39 is 29.4 Å². The molecule has 4 aliphatic rings. The predicted octanol–water partition coefficient (Wildman–Crippen LogP) is 4.51. The molecule has 0 bridgehead atoms. The minimum atomic E-state index is -1.53. The number of carbonyl (C=O) groups is 4. The zero-order chi connectivity index (χ0) is 30.1. The number of aliphatic hydroxyl groups is 1. The van der Waals surface area contributed by atoms with Gasteiger partial charge in [0.2, 0.25) is 11.7 Å². The fourth-order valence-electron chi connectivity index (χ4n) is 8.81. The molecule has 3 saturated carbocycles. The summed E-state index contributed by atoms with van der Waals surface area (Å²) in [4.78, 5) is 50.1. The van der Waals surface area contributed by atoms with E-state index >= 15 is 0 Å². The summed E-state index contributed by atoms with van der Waals surface area (Å²) < 4.78 is 10.4. The second kappa shape index (κ2) is 11.9. The molecule has 42 heavy (non-hydrogen) atoms. The first-order valence-corrected chi connectivity index (χ1v) is 15.5. The smallest absolute Gasteiger partial charge is 0.306 e. The normalized spacial score (nSPS) is 33.5. The lowest BCUT2D eigenvalue weighted by Gasteiger charge is -2.58. The van der Waals surface area contributed by atoms with Crippen molar-refractivity contribution in [1.29, 1.82) is 0 Å². The monoisotopic (exact) mass is 579 g/mol. The molecule has 0 saturated heterocycles. The van der Waals surface area contributed by atoms with E-state index in [2.05, 4.69) is 19.2 Å². The molecule has 8 heteroatoms. The Labute approximate surface area is 248 Å². The number of hydrogen-bond acceptors (Lipinski definition) is 7. The summed E-state index contributed by atoms with van der Waals surface area (Å²) in [6, 6.07) is 7.61. The maximum atomic E-state index is 13.4. The van der Waals surface area contributed by atoms with Crippen LogP contribution >= 0.6 is 0 Å². The minimum absolute atomic E-state index is 0.0242. The Bertz CT molecular complexity index is 1250. The number of benzene rings is 1. The second-order valence-corrected chi connectivity index (χ2v) is 13.4. The number of Topliss-reactive ketones (excluding diaryl/α,β-unsaturated/α-hetero) is 1. The quantitative estimate of drug-likeness (QED) is 0.392. The third-order valence-electron chi connectivity index (χ3n) is 11.4. The molecule has 0 aliphatic heterocycles. The summed E-state index contributed by atoms with van der Waals surface area (Å²) in [5, 5.41) is 14.6. The van der Waals surface area contributed by atoms with Gasteiger partial charge in [0, 0.05) is 24.8 Å². The molecule has 0 spiro atoms. The molecule has 0 aromatic heterocycles. The van der Waals surface area contributed by atoms with Gasteiger partial charge in [-0.1, -0.05) is 31.6 Å². The summed E-state index contributed by atoms with van der Waals surface area (Å²) in [6.45, 7) is 4.34. The van der Waals surface area contributed by atoms with Crippen LogP contribution in [0, 0.1) is 28.6 Å². The van der Waals surface area contributed by atoms with Crippen molar-refractivity contribution >= 4 is 23.4 Å². The molecule has 6 atom stereocenters. The van der Waals surface area contributed by atoms with Crippen molar-refractivity contribution in [3.8, 4) is 5.75 Å². The van der Waals surface area contributed by atoms with Gasteiger partial charge >= 0.3 is 5.97 Å². The molecule has 3 fully saturated rings. The molecular weight excluding hydrogens is 534 g/mol. The Hall–Kier alpha value is -3.00. The Morgan fingerprint density at radius 3 is 2.45 bits per heavy atom. The van der Waals surface area contributed by atoms with Crippen LogP contribution < -0.4 is 10.1 Å². The number of allylic oxidation sites excluding steroid dienone is 1. The molecule has 228 valence electrons. The predicted molar refractivity (Wildman–Crippen MR) is 157 cm³/mol. The Morgan fingerprint density at radius 2 is 1.71 bits per heavy atom. The Balaban J connectivity index is 1.09. The van der Waals surface area contributed by atoms with Gasteiger partial charge in [0.1, 0.15) is 11.4 Å². The highest BCUT2D eigenvalue weighted by Crippen LogP contribution is 2.67. The second-order valence-electron chi connectivity index (χ2n) is 13.4. The third-order valence-corrected chi connectivity index (χ3v) is 11.4. The van der Waals surface area contributed by atoms with Crippen molar-refractivity contribution in [1.82, 2.24) is 5.32 Å². The van der Waals surface area contributed by atoms with E-state index in [1.54, 1.807) is 7.11 Å². The number of carbonyl (C=O) groups excluding carboxylic acids is 4. The first kappa shape index (κ1) is 30.5. The summed E-state index contributed by atoms with van der Waals surface area (Å²) in [5.74, 6) is 0.791. The van der Waals surface area contributed by atoms with Gasteiger partial charge in [0.25, 0.3) is 0 Å². The van der Waals surface area contributed by atoms with Gasteiger partial charge in [0.05, 0.1) is 13.5 Å². The number of fused-ring (bicyclic) bond motifs is 5. The number of methoxy groups -OCH3 is 1. The van der Waals surface area contributed by atoms with Gasteiger partial charge in [-0.15, -0.1) is 0 Å². The highest BCUT2D eigenvalue weighted by atomic mass is 16.5. The van der Waals surface area contributed by atoms with Gasteiger partial charge in [-0.25, -0.2) is 0 Å². The first-order chi connectivity index (χ1) is 20.0. The van der Waals surface area contributed by atoms with Crippen molar-refractivity contribution < 1.29 is 33.8 Å². The van der Waals surface area contributed by atoms with E-state index in [1.807, 2.05) is 30.3 Å². The maximum absolute atomic E-state index is 13.4. The van der Waals surface area contributed by atoms with Gasteiger partial charge in [-0.3, -0.25) is 19.2 Å². The molecule has 2 N–H and O–H groups in total. The maximum Gasteiger partial charge on any atom is 0.306 e. The summed E-state index contributed by atoms with van der Waals surface area (Å²) >= 11 is 0. The van der Waals surface area contributed by atoms with Crippen LogP contribution in [0.5, 0.6) is 5.75 Å². The lowest BCUT2D eigenvalue weighted by molar-refractivity contribution is -0.170. The topological polar surface area (TPSA) is 119 Å². The zero-order valence-corrected chi connectivity index (χ0v) is 25.2. The van der Waals surface area contributed by atoms with E-state index in [0.29, 0.717) is 37.6 Å². The largest absolute Gasteiger partial charge is 0.497 e. The molecule has 5 rings (SSSR count). The molecule has 0 heterocycles. The minimum Gasteiger partial charge on any atom is -0.497 e. The molecule has 1 aromatic carbocycles. The van der Waals surface area contributed by atoms with E-state index in [-0.39, 0.29) is 35.9 Å². The number of esters is 1. The SMILES string of the molecule is COc1ccc(CCNC(=O)CCC(=O)OCC(=O)[C@@]2(O)CC[C@@H]3[C@@H]4CCC5=CC(=O)CC[C@]5(C)[C@H]4CC[C@@]32C)cc1. The van der Waals surface area contributed by atoms with Crippen LogP contribution in [-0.2, 0) is 30.3 Å². The van der Waals surface area contributed by atoms with E-state index in [9.17, 15) is 24.3 Å².